The van der Waals surface area contributed by atoms with Crippen molar-refractivity contribution in [3.63, 3.8) is 0 Å². The summed E-state index contributed by atoms with van der Waals surface area (Å²) in [6.45, 7) is 6.19. The van der Waals surface area contributed by atoms with Crippen molar-refractivity contribution < 1.29 is 0 Å². The predicted molar refractivity (Wildman–Crippen MR) is 56.0 cm³/mol. The van der Waals surface area contributed by atoms with Crippen LogP contribution in [0.4, 0.5) is 0 Å². The molecule has 0 aliphatic carbocycles. The molecule has 0 saturated heterocycles. The Morgan fingerprint density at radius 1 is 1.27 bits per heavy atom. The third kappa shape index (κ3) is 6.74. The molecule has 0 aliphatic rings. The molecular weight excluding hydrogens is 152 g/mol. The molecule has 0 aromatic rings. The molecule has 67 valence electrons. The van der Waals surface area contributed by atoms with Crippen LogP contribution in [0.3, 0.4) is 0 Å². The molecule has 0 nitrogen and oxygen atoms in total. The zero-order chi connectivity index (χ0) is 8.53. The summed E-state index contributed by atoms with van der Waals surface area (Å²) >= 11 is 1.97. The molecule has 1 unspecified atom stereocenters. The van der Waals surface area contributed by atoms with E-state index in [1.165, 1.54) is 32.1 Å². The first-order chi connectivity index (χ1) is 5.35. The SMILES string of the molecule is [CH2]CC(CCCCCC)SC. The smallest absolute Gasteiger partial charge is 0.00442 e. The Kier molecular flexibility index (Phi) is 8.72. The van der Waals surface area contributed by atoms with Crippen LogP contribution < -0.4 is 0 Å². The molecule has 0 spiro atoms. The Hall–Kier alpha value is 0.350. The highest BCUT2D eigenvalue weighted by Crippen LogP contribution is 2.17. The van der Waals surface area contributed by atoms with Crippen molar-refractivity contribution in [1.29, 1.82) is 0 Å². The zero-order valence-corrected chi connectivity index (χ0v) is 8.75. The van der Waals surface area contributed by atoms with Gasteiger partial charge in [0.1, 0.15) is 0 Å². The summed E-state index contributed by atoms with van der Waals surface area (Å²) in [7, 11) is 0. The van der Waals surface area contributed by atoms with E-state index >= 15 is 0 Å². The van der Waals surface area contributed by atoms with Gasteiger partial charge in [-0.15, -0.1) is 0 Å². The first-order valence-electron chi connectivity index (χ1n) is 4.67. The topological polar surface area (TPSA) is 0 Å². The molecule has 0 heterocycles. The molecule has 0 amide bonds. The Morgan fingerprint density at radius 2 is 2.00 bits per heavy atom. The molecule has 0 aliphatic heterocycles. The van der Waals surface area contributed by atoms with E-state index in [1.807, 2.05) is 11.8 Å². The molecule has 1 heteroatoms. The van der Waals surface area contributed by atoms with Gasteiger partial charge in [-0.3, -0.25) is 0 Å². The van der Waals surface area contributed by atoms with Gasteiger partial charge in [-0.25, -0.2) is 0 Å². The van der Waals surface area contributed by atoms with Gasteiger partial charge >= 0.3 is 0 Å². The number of thioether (sulfide) groups is 1. The molecule has 1 radical (unpaired) electrons. The summed E-state index contributed by atoms with van der Waals surface area (Å²) < 4.78 is 0. The van der Waals surface area contributed by atoms with Crippen molar-refractivity contribution >= 4 is 11.8 Å². The molecular formula is C10H21S. The fourth-order valence-corrected chi connectivity index (χ4v) is 1.82. The van der Waals surface area contributed by atoms with E-state index in [9.17, 15) is 0 Å². The van der Waals surface area contributed by atoms with E-state index in [0.29, 0.717) is 0 Å². The van der Waals surface area contributed by atoms with Crippen LogP contribution in [0.1, 0.15) is 45.4 Å². The highest BCUT2D eigenvalue weighted by Gasteiger charge is 2.01. The summed E-state index contributed by atoms with van der Waals surface area (Å²) in [5.41, 5.74) is 0. The summed E-state index contributed by atoms with van der Waals surface area (Å²) in [6.07, 6.45) is 10.2. The number of hydrogen-bond acceptors (Lipinski definition) is 1. The number of unbranched alkanes of at least 4 members (excludes halogenated alkanes) is 3. The third-order valence-electron chi connectivity index (χ3n) is 2.03. The first kappa shape index (κ1) is 11.4. The lowest BCUT2D eigenvalue weighted by Crippen LogP contribution is -1.99. The molecule has 0 saturated carbocycles. The van der Waals surface area contributed by atoms with Crippen molar-refractivity contribution in [3.05, 3.63) is 6.92 Å². The Bertz CT molecular complexity index is 67.3. The molecule has 11 heavy (non-hydrogen) atoms. The molecule has 0 aromatic heterocycles. The van der Waals surface area contributed by atoms with E-state index in [1.54, 1.807) is 0 Å². The second-order valence-electron chi connectivity index (χ2n) is 3.00. The fourth-order valence-electron chi connectivity index (χ4n) is 1.18. The zero-order valence-electron chi connectivity index (χ0n) is 7.94. The van der Waals surface area contributed by atoms with Crippen LogP contribution in [0.2, 0.25) is 0 Å². The van der Waals surface area contributed by atoms with Gasteiger partial charge in [-0.05, 0) is 19.1 Å². The lowest BCUT2D eigenvalue weighted by molar-refractivity contribution is 0.619. The highest BCUT2D eigenvalue weighted by atomic mass is 32.2. The van der Waals surface area contributed by atoms with Crippen molar-refractivity contribution in [2.24, 2.45) is 0 Å². The highest BCUT2D eigenvalue weighted by molar-refractivity contribution is 7.99. The fraction of sp³-hybridized carbons (Fsp3) is 0.900. The van der Waals surface area contributed by atoms with Crippen molar-refractivity contribution in [2.75, 3.05) is 6.26 Å². The van der Waals surface area contributed by atoms with Crippen molar-refractivity contribution in [2.45, 2.75) is 50.7 Å². The molecule has 0 aromatic carbocycles. The van der Waals surface area contributed by atoms with Gasteiger partial charge in [0.15, 0.2) is 0 Å². The van der Waals surface area contributed by atoms with E-state index in [4.69, 9.17) is 0 Å². The van der Waals surface area contributed by atoms with Gasteiger partial charge in [0.25, 0.3) is 0 Å². The molecule has 0 bridgehead atoms. The van der Waals surface area contributed by atoms with Crippen LogP contribution in [0.15, 0.2) is 0 Å². The Labute approximate surface area is 76.1 Å². The largest absolute Gasteiger partial charge is 0.162 e. The monoisotopic (exact) mass is 173 g/mol. The summed E-state index contributed by atoms with van der Waals surface area (Å²) in [5.74, 6) is 0. The minimum Gasteiger partial charge on any atom is -0.162 e. The number of hydrogen-bond donors (Lipinski definition) is 0. The van der Waals surface area contributed by atoms with Gasteiger partial charge in [0.2, 0.25) is 0 Å². The van der Waals surface area contributed by atoms with Gasteiger partial charge in [-0.2, -0.15) is 11.8 Å². The Balaban J connectivity index is 3.07. The minimum atomic E-state index is 0.812. The van der Waals surface area contributed by atoms with Gasteiger partial charge < -0.3 is 0 Å². The molecule has 0 rings (SSSR count). The van der Waals surface area contributed by atoms with Crippen molar-refractivity contribution in [3.8, 4) is 0 Å². The number of rotatable bonds is 7. The van der Waals surface area contributed by atoms with Crippen LogP contribution in [-0.4, -0.2) is 11.5 Å². The molecule has 1 atom stereocenters. The lowest BCUT2D eigenvalue weighted by Gasteiger charge is -2.10. The van der Waals surface area contributed by atoms with E-state index < -0.39 is 0 Å². The van der Waals surface area contributed by atoms with E-state index in [2.05, 4.69) is 20.1 Å². The average Bonchev–Trinajstić information content (AvgIpc) is 2.05. The normalized spacial score (nSPS) is 13.4. The third-order valence-corrected chi connectivity index (χ3v) is 3.17. The predicted octanol–water partition coefficient (Wildman–Crippen LogP) is 3.91. The summed E-state index contributed by atoms with van der Waals surface area (Å²) in [4.78, 5) is 0. The average molecular weight is 173 g/mol. The van der Waals surface area contributed by atoms with E-state index in [0.717, 1.165) is 11.7 Å². The van der Waals surface area contributed by atoms with Gasteiger partial charge in [0.05, 0.1) is 0 Å². The maximum Gasteiger partial charge on any atom is 0.00442 e. The lowest BCUT2D eigenvalue weighted by atomic mass is 10.1. The van der Waals surface area contributed by atoms with Crippen molar-refractivity contribution in [1.82, 2.24) is 0 Å². The van der Waals surface area contributed by atoms with Crippen LogP contribution in [0, 0.1) is 6.92 Å². The van der Waals surface area contributed by atoms with Crippen LogP contribution >= 0.6 is 11.8 Å². The first-order valence-corrected chi connectivity index (χ1v) is 5.96. The van der Waals surface area contributed by atoms with Crippen LogP contribution in [0.5, 0.6) is 0 Å². The second-order valence-corrected chi connectivity index (χ2v) is 4.13. The molecule has 0 N–H and O–H groups in total. The van der Waals surface area contributed by atoms with Gasteiger partial charge in [0, 0.05) is 5.25 Å². The van der Waals surface area contributed by atoms with E-state index in [-0.39, 0.29) is 0 Å². The summed E-state index contributed by atoms with van der Waals surface area (Å²) in [5, 5.41) is 0.812. The standard InChI is InChI=1S/C10H21S/c1-4-6-7-8-9-10(5-2)11-3/h10H,2,4-9H2,1,3H3. The van der Waals surface area contributed by atoms with Gasteiger partial charge in [-0.1, -0.05) is 39.5 Å². The second kappa shape index (κ2) is 8.45. The maximum atomic E-state index is 3.93. The maximum absolute atomic E-state index is 3.93. The summed E-state index contributed by atoms with van der Waals surface area (Å²) in [6, 6.07) is 0. The Morgan fingerprint density at radius 3 is 2.45 bits per heavy atom. The van der Waals surface area contributed by atoms with Crippen LogP contribution in [-0.2, 0) is 0 Å². The molecule has 0 fully saturated rings. The quantitative estimate of drug-likeness (QED) is 0.526. The van der Waals surface area contributed by atoms with Crippen LogP contribution in [0.25, 0.3) is 0 Å². The minimum absolute atomic E-state index is 0.812.